The lowest BCUT2D eigenvalue weighted by molar-refractivity contribution is 0.161. The van der Waals surface area contributed by atoms with Crippen LogP contribution >= 0.6 is 0 Å². The fraction of sp³-hybridized carbons (Fsp3) is 0.650. The van der Waals surface area contributed by atoms with E-state index in [1.165, 1.54) is 10.7 Å². The predicted molar refractivity (Wildman–Crippen MR) is 106 cm³/mol. The minimum Gasteiger partial charge on any atom is -0.335 e. The molecule has 27 heavy (non-hydrogen) atoms. The van der Waals surface area contributed by atoms with Crippen LogP contribution in [0.4, 0.5) is 4.79 Å². The van der Waals surface area contributed by atoms with Crippen molar-refractivity contribution in [3.63, 3.8) is 0 Å². The molecule has 3 rings (SSSR count). The highest BCUT2D eigenvalue weighted by Gasteiger charge is 2.31. The van der Waals surface area contributed by atoms with Crippen LogP contribution < -0.4 is 5.32 Å². The quantitative estimate of drug-likeness (QED) is 0.858. The first kappa shape index (κ1) is 20.1. The molecule has 7 heteroatoms. The average Bonchev–Trinajstić information content (AvgIpc) is 2.65. The van der Waals surface area contributed by atoms with Gasteiger partial charge >= 0.3 is 6.03 Å². The third-order valence-corrected chi connectivity index (χ3v) is 7.96. The monoisotopic (exact) mass is 393 g/mol. The first-order valence-electron chi connectivity index (χ1n) is 9.92. The van der Waals surface area contributed by atoms with Crippen molar-refractivity contribution in [3.8, 4) is 0 Å². The van der Waals surface area contributed by atoms with E-state index in [0.29, 0.717) is 37.0 Å². The number of sulfonamides is 1. The summed E-state index contributed by atoms with van der Waals surface area (Å²) < 4.78 is 27.3. The number of nitrogens with one attached hydrogen (secondary N) is 1. The fourth-order valence-corrected chi connectivity index (χ4v) is 5.44. The van der Waals surface area contributed by atoms with E-state index in [-0.39, 0.29) is 12.1 Å². The molecule has 1 saturated heterocycles. The van der Waals surface area contributed by atoms with Crippen LogP contribution in [0.5, 0.6) is 0 Å². The van der Waals surface area contributed by atoms with Crippen LogP contribution in [0, 0.1) is 19.8 Å². The Kier molecular flexibility index (Phi) is 6.11. The normalized spacial score (nSPS) is 24.6. The van der Waals surface area contributed by atoms with Crippen molar-refractivity contribution < 1.29 is 13.2 Å². The number of urea groups is 1. The molecule has 2 fully saturated rings. The second-order valence-corrected chi connectivity index (χ2v) is 9.89. The highest BCUT2D eigenvalue weighted by molar-refractivity contribution is 7.89. The molecule has 1 aliphatic heterocycles. The van der Waals surface area contributed by atoms with E-state index < -0.39 is 10.0 Å². The number of hydrogen-bond donors (Lipinski definition) is 1. The minimum absolute atomic E-state index is 0.0584. The maximum Gasteiger partial charge on any atom is 0.317 e. The topological polar surface area (TPSA) is 69.7 Å². The van der Waals surface area contributed by atoms with Gasteiger partial charge < -0.3 is 10.2 Å². The van der Waals surface area contributed by atoms with Crippen LogP contribution in [-0.2, 0) is 10.0 Å². The van der Waals surface area contributed by atoms with Gasteiger partial charge in [0.25, 0.3) is 0 Å². The largest absolute Gasteiger partial charge is 0.335 e. The Balaban J connectivity index is 1.59. The second-order valence-electron chi connectivity index (χ2n) is 7.95. The number of hydrogen-bond acceptors (Lipinski definition) is 3. The van der Waals surface area contributed by atoms with Crippen LogP contribution in [0.15, 0.2) is 23.1 Å². The zero-order chi connectivity index (χ0) is 19.6. The highest BCUT2D eigenvalue weighted by atomic mass is 32.2. The maximum absolute atomic E-state index is 12.9. The zero-order valence-electron chi connectivity index (χ0n) is 16.6. The molecule has 2 unspecified atom stereocenters. The predicted octanol–water partition coefficient (Wildman–Crippen LogP) is 2.90. The Bertz CT molecular complexity index is 786. The van der Waals surface area contributed by atoms with E-state index in [2.05, 4.69) is 12.2 Å². The lowest BCUT2D eigenvalue weighted by Gasteiger charge is -2.36. The number of nitrogens with zero attached hydrogens (tertiary/aromatic N) is 2. The lowest BCUT2D eigenvalue weighted by atomic mass is 9.86. The van der Waals surface area contributed by atoms with Crippen LogP contribution in [0.3, 0.4) is 0 Å². The molecule has 0 bridgehead atoms. The molecule has 1 saturated carbocycles. The van der Waals surface area contributed by atoms with Gasteiger partial charge in [-0.25, -0.2) is 13.2 Å². The van der Waals surface area contributed by atoms with E-state index in [0.717, 1.165) is 30.4 Å². The third-order valence-electron chi connectivity index (χ3n) is 6.06. The molecule has 1 aromatic carbocycles. The molecule has 1 aromatic rings. The smallest absolute Gasteiger partial charge is 0.317 e. The summed E-state index contributed by atoms with van der Waals surface area (Å²) in [5.41, 5.74) is 2.04. The summed E-state index contributed by atoms with van der Waals surface area (Å²) in [6.45, 7) is 7.61. The summed E-state index contributed by atoms with van der Waals surface area (Å²) in [6, 6.07) is 5.42. The Morgan fingerprint density at radius 3 is 2.33 bits per heavy atom. The van der Waals surface area contributed by atoms with Crippen molar-refractivity contribution in [1.29, 1.82) is 0 Å². The first-order chi connectivity index (χ1) is 12.8. The summed E-state index contributed by atoms with van der Waals surface area (Å²) in [4.78, 5) is 14.6. The van der Waals surface area contributed by atoms with E-state index in [1.807, 2.05) is 19.9 Å². The van der Waals surface area contributed by atoms with Crippen molar-refractivity contribution >= 4 is 16.1 Å². The minimum atomic E-state index is -3.51. The van der Waals surface area contributed by atoms with Gasteiger partial charge in [-0.15, -0.1) is 0 Å². The molecular weight excluding hydrogens is 362 g/mol. The average molecular weight is 394 g/mol. The van der Waals surface area contributed by atoms with Gasteiger partial charge in [-0.05, 0) is 55.9 Å². The lowest BCUT2D eigenvalue weighted by Crippen LogP contribution is -2.55. The molecule has 1 heterocycles. The molecule has 0 radical (unpaired) electrons. The van der Waals surface area contributed by atoms with E-state index in [9.17, 15) is 13.2 Å². The number of piperazine rings is 1. The Morgan fingerprint density at radius 1 is 1.04 bits per heavy atom. The van der Waals surface area contributed by atoms with Gasteiger partial charge in [-0.2, -0.15) is 4.31 Å². The first-order valence-corrected chi connectivity index (χ1v) is 11.4. The highest BCUT2D eigenvalue weighted by Crippen LogP contribution is 2.24. The Morgan fingerprint density at radius 2 is 1.70 bits per heavy atom. The zero-order valence-corrected chi connectivity index (χ0v) is 17.4. The van der Waals surface area contributed by atoms with Gasteiger partial charge in [-0.3, -0.25) is 0 Å². The summed E-state index contributed by atoms with van der Waals surface area (Å²) in [5, 5.41) is 3.16. The standard InChI is InChI=1S/C20H31N3O3S/c1-15-8-9-18(14-17(15)3)27(25,26)23-12-10-22(11-13-23)20(24)21-19-7-5-4-6-16(19)2/h8-9,14,16,19H,4-7,10-13H2,1-3H3,(H,21,24). The maximum atomic E-state index is 12.9. The number of carbonyl (C=O) groups is 1. The SMILES string of the molecule is Cc1ccc(S(=O)(=O)N2CCN(C(=O)NC3CCCCC3C)CC2)cc1C. The summed E-state index contributed by atoms with van der Waals surface area (Å²) in [7, 11) is -3.51. The summed E-state index contributed by atoms with van der Waals surface area (Å²) in [5.74, 6) is 0.508. The van der Waals surface area contributed by atoms with Crippen molar-refractivity contribution in [2.24, 2.45) is 5.92 Å². The number of carbonyl (C=O) groups excluding carboxylic acids is 1. The Hall–Kier alpha value is -1.60. The second kappa shape index (κ2) is 8.19. The molecular formula is C20H31N3O3S. The summed E-state index contributed by atoms with van der Waals surface area (Å²) in [6.07, 6.45) is 4.60. The molecule has 0 aromatic heterocycles. The number of aryl methyl sites for hydroxylation is 2. The van der Waals surface area contributed by atoms with Gasteiger partial charge in [0.15, 0.2) is 0 Å². The van der Waals surface area contributed by atoms with Gasteiger partial charge in [0, 0.05) is 32.2 Å². The molecule has 6 nitrogen and oxygen atoms in total. The van der Waals surface area contributed by atoms with Crippen LogP contribution in [0.1, 0.15) is 43.7 Å². The number of benzene rings is 1. The number of amides is 2. The van der Waals surface area contributed by atoms with Crippen molar-refractivity contribution in [3.05, 3.63) is 29.3 Å². The Labute approximate surface area is 163 Å². The molecule has 2 aliphatic rings. The fourth-order valence-electron chi connectivity index (χ4n) is 3.94. The third kappa shape index (κ3) is 4.46. The van der Waals surface area contributed by atoms with Crippen LogP contribution in [-0.4, -0.2) is 55.9 Å². The van der Waals surface area contributed by atoms with E-state index >= 15 is 0 Å². The van der Waals surface area contributed by atoms with Crippen LogP contribution in [0.2, 0.25) is 0 Å². The van der Waals surface area contributed by atoms with Crippen molar-refractivity contribution in [2.75, 3.05) is 26.2 Å². The molecule has 2 amide bonds. The van der Waals surface area contributed by atoms with Crippen molar-refractivity contribution in [1.82, 2.24) is 14.5 Å². The molecule has 150 valence electrons. The molecule has 2 atom stereocenters. The van der Waals surface area contributed by atoms with Gasteiger partial charge in [-0.1, -0.05) is 25.8 Å². The molecule has 0 spiro atoms. The van der Waals surface area contributed by atoms with Gasteiger partial charge in [0.1, 0.15) is 0 Å². The summed E-state index contributed by atoms with van der Waals surface area (Å²) >= 11 is 0. The van der Waals surface area contributed by atoms with Crippen LogP contribution in [0.25, 0.3) is 0 Å². The molecule has 1 aliphatic carbocycles. The van der Waals surface area contributed by atoms with Gasteiger partial charge in [0.05, 0.1) is 4.90 Å². The van der Waals surface area contributed by atoms with E-state index in [4.69, 9.17) is 0 Å². The van der Waals surface area contributed by atoms with Gasteiger partial charge in [0.2, 0.25) is 10.0 Å². The van der Waals surface area contributed by atoms with E-state index in [1.54, 1.807) is 17.0 Å². The molecule has 1 N–H and O–H groups in total. The number of rotatable bonds is 3. The van der Waals surface area contributed by atoms with Crippen molar-refractivity contribution in [2.45, 2.75) is 57.4 Å².